The molecule has 0 rings (SSSR count). The molecule has 0 fully saturated rings. The van der Waals surface area contributed by atoms with Crippen molar-refractivity contribution in [1.29, 1.82) is 0 Å². The highest BCUT2D eigenvalue weighted by Gasteiger charge is 2.21. The van der Waals surface area contributed by atoms with Crippen molar-refractivity contribution in [3.63, 3.8) is 0 Å². The zero-order valence-electron chi connectivity index (χ0n) is 10.6. The fraction of sp³-hybridized carbons (Fsp3) is 0.846. The summed E-state index contributed by atoms with van der Waals surface area (Å²) in [6.07, 6.45) is 3.48. The van der Waals surface area contributed by atoms with Crippen LogP contribution in [0.4, 0.5) is 0 Å². The molecule has 14 heavy (non-hydrogen) atoms. The van der Waals surface area contributed by atoms with E-state index >= 15 is 0 Å². The highest BCUT2D eigenvalue weighted by Crippen LogP contribution is 2.30. The van der Waals surface area contributed by atoms with Crippen molar-refractivity contribution in [1.82, 2.24) is 5.32 Å². The number of hydrogen-bond acceptors (Lipinski definition) is 1. The lowest BCUT2D eigenvalue weighted by atomic mass is 9.80. The van der Waals surface area contributed by atoms with Gasteiger partial charge in [0.1, 0.15) is 0 Å². The third-order valence-corrected chi connectivity index (χ3v) is 2.64. The van der Waals surface area contributed by atoms with E-state index in [-0.39, 0.29) is 0 Å². The molecule has 1 N–H and O–H groups in total. The van der Waals surface area contributed by atoms with Crippen molar-refractivity contribution >= 4 is 0 Å². The number of nitrogens with one attached hydrogen (secondary N) is 1. The smallest absolute Gasteiger partial charge is 0.00438 e. The van der Waals surface area contributed by atoms with E-state index in [1.807, 2.05) is 0 Å². The Morgan fingerprint density at radius 2 is 1.93 bits per heavy atom. The Labute approximate surface area is 90.0 Å². The molecule has 0 aromatic heterocycles. The molecule has 84 valence electrons. The van der Waals surface area contributed by atoms with Crippen molar-refractivity contribution in [2.24, 2.45) is 5.41 Å². The first-order valence-corrected chi connectivity index (χ1v) is 5.81. The van der Waals surface area contributed by atoms with Crippen molar-refractivity contribution in [3.05, 3.63) is 12.2 Å². The van der Waals surface area contributed by atoms with Crippen molar-refractivity contribution in [2.75, 3.05) is 6.54 Å². The fourth-order valence-electron chi connectivity index (χ4n) is 2.12. The van der Waals surface area contributed by atoms with Gasteiger partial charge in [0, 0.05) is 6.04 Å². The second kappa shape index (κ2) is 6.23. The Morgan fingerprint density at radius 1 is 1.36 bits per heavy atom. The molecule has 0 spiro atoms. The van der Waals surface area contributed by atoms with Crippen LogP contribution in [-0.4, -0.2) is 12.6 Å². The quantitative estimate of drug-likeness (QED) is 0.613. The van der Waals surface area contributed by atoms with Crippen molar-refractivity contribution in [2.45, 2.75) is 59.9 Å². The predicted molar refractivity (Wildman–Crippen MR) is 65.6 cm³/mol. The average Bonchev–Trinajstić information content (AvgIpc) is 2.02. The van der Waals surface area contributed by atoms with Crippen LogP contribution in [0.15, 0.2) is 12.2 Å². The van der Waals surface area contributed by atoms with Crippen molar-refractivity contribution < 1.29 is 0 Å². The van der Waals surface area contributed by atoms with Gasteiger partial charge in [0.2, 0.25) is 0 Å². The third kappa shape index (κ3) is 6.20. The molecule has 0 radical (unpaired) electrons. The monoisotopic (exact) mass is 197 g/mol. The van der Waals surface area contributed by atoms with E-state index in [4.69, 9.17) is 0 Å². The summed E-state index contributed by atoms with van der Waals surface area (Å²) in [5.41, 5.74) is 1.76. The minimum absolute atomic E-state index is 0.384. The van der Waals surface area contributed by atoms with Gasteiger partial charge in [0.15, 0.2) is 0 Å². The molecule has 0 saturated carbocycles. The largest absolute Gasteiger partial charge is 0.315 e. The first-order valence-electron chi connectivity index (χ1n) is 5.81. The molecule has 1 heteroatoms. The second-order valence-corrected chi connectivity index (χ2v) is 5.11. The molecule has 0 bridgehead atoms. The number of allylic oxidation sites excluding steroid dienone is 1. The van der Waals surface area contributed by atoms with E-state index in [1.54, 1.807) is 0 Å². The lowest BCUT2D eigenvalue weighted by Crippen LogP contribution is -2.31. The molecule has 0 heterocycles. The Kier molecular flexibility index (Phi) is 6.10. The van der Waals surface area contributed by atoms with Crippen LogP contribution in [-0.2, 0) is 0 Å². The summed E-state index contributed by atoms with van der Waals surface area (Å²) in [6.45, 7) is 16.4. The summed E-state index contributed by atoms with van der Waals surface area (Å²) >= 11 is 0. The van der Waals surface area contributed by atoms with Crippen LogP contribution in [0.5, 0.6) is 0 Å². The summed E-state index contributed by atoms with van der Waals surface area (Å²) in [5, 5.41) is 3.46. The van der Waals surface area contributed by atoms with Crippen LogP contribution in [0.2, 0.25) is 0 Å². The summed E-state index contributed by atoms with van der Waals surface area (Å²) in [5.74, 6) is 0. The first-order chi connectivity index (χ1) is 6.41. The molecule has 0 saturated heterocycles. The maximum absolute atomic E-state index is 4.09. The van der Waals surface area contributed by atoms with E-state index in [2.05, 4.69) is 46.5 Å². The average molecular weight is 197 g/mol. The van der Waals surface area contributed by atoms with Crippen LogP contribution in [0.1, 0.15) is 53.9 Å². The van der Waals surface area contributed by atoms with Gasteiger partial charge in [-0.05, 0) is 38.1 Å². The van der Waals surface area contributed by atoms with Crippen LogP contribution in [0.25, 0.3) is 0 Å². The molecule has 0 amide bonds. The lowest BCUT2D eigenvalue weighted by Gasteiger charge is -2.29. The van der Waals surface area contributed by atoms with Crippen LogP contribution in [0.3, 0.4) is 0 Å². The zero-order chi connectivity index (χ0) is 11.2. The molecular weight excluding hydrogens is 170 g/mol. The molecule has 0 aromatic rings. The summed E-state index contributed by atoms with van der Waals surface area (Å²) < 4.78 is 0. The van der Waals surface area contributed by atoms with Gasteiger partial charge in [-0.1, -0.05) is 39.8 Å². The van der Waals surface area contributed by atoms with Gasteiger partial charge in [0.05, 0.1) is 0 Å². The highest BCUT2D eigenvalue weighted by molar-refractivity contribution is 4.97. The minimum Gasteiger partial charge on any atom is -0.315 e. The fourth-order valence-corrected chi connectivity index (χ4v) is 2.12. The summed E-state index contributed by atoms with van der Waals surface area (Å²) in [6, 6.07) is 0.611. The van der Waals surface area contributed by atoms with Gasteiger partial charge in [-0.15, -0.1) is 0 Å². The van der Waals surface area contributed by atoms with Gasteiger partial charge in [0.25, 0.3) is 0 Å². The van der Waals surface area contributed by atoms with Crippen molar-refractivity contribution in [3.8, 4) is 0 Å². The standard InChI is InChI=1S/C13H27N/c1-7-11(3)9-13(5,6)10-12(4)14-8-2/h12,14H,3,7-10H2,1-2,4-6H3. The van der Waals surface area contributed by atoms with Gasteiger partial charge >= 0.3 is 0 Å². The zero-order valence-corrected chi connectivity index (χ0v) is 10.6. The highest BCUT2D eigenvalue weighted by atomic mass is 14.9. The van der Waals surface area contributed by atoms with Crippen LogP contribution < -0.4 is 5.32 Å². The molecule has 0 aliphatic carbocycles. The van der Waals surface area contributed by atoms with E-state index in [1.165, 1.54) is 12.0 Å². The first kappa shape index (κ1) is 13.7. The Balaban J connectivity index is 3.99. The molecule has 1 nitrogen and oxygen atoms in total. The third-order valence-electron chi connectivity index (χ3n) is 2.64. The Hall–Kier alpha value is -0.300. The van der Waals surface area contributed by atoms with E-state index in [0.717, 1.165) is 19.4 Å². The summed E-state index contributed by atoms with van der Waals surface area (Å²) in [4.78, 5) is 0. The second-order valence-electron chi connectivity index (χ2n) is 5.11. The molecule has 1 atom stereocenters. The topological polar surface area (TPSA) is 12.0 Å². The van der Waals surface area contributed by atoms with Crippen LogP contribution in [0, 0.1) is 5.41 Å². The minimum atomic E-state index is 0.384. The number of rotatable bonds is 7. The van der Waals surface area contributed by atoms with E-state index < -0.39 is 0 Å². The SMILES string of the molecule is C=C(CC)CC(C)(C)CC(C)NCC. The molecular formula is C13H27N. The van der Waals surface area contributed by atoms with Crippen LogP contribution >= 0.6 is 0 Å². The Bertz CT molecular complexity index is 170. The summed E-state index contributed by atoms with van der Waals surface area (Å²) in [7, 11) is 0. The molecule has 0 aliphatic heterocycles. The predicted octanol–water partition coefficient (Wildman–Crippen LogP) is 3.76. The van der Waals surface area contributed by atoms with E-state index in [9.17, 15) is 0 Å². The van der Waals surface area contributed by atoms with Gasteiger partial charge in [-0.2, -0.15) is 0 Å². The van der Waals surface area contributed by atoms with Gasteiger partial charge in [-0.3, -0.25) is 0 Å². The maximum Gasteiger partial charge on any atom is 0.00438 e. The number of hydrogen-bond donors (Lipinski definition) is 1. The van der Waals surface area contributed by atoms with Gasteiger partial charge < -0.3 is 5.32 Å². The molecule has 1 unspecified atom stereocenters. The maximum atomic E-state index is 4.09. The Morgan fingerprint density at radius 3 is 2.36 bits per heavy atom. The molecule has 0 aliphatic rings. The molecule has 0 aromatic carbocycles. The lowest BCUT2D eigenvalue weighted by molar-refractivity contribution is 0.286. The van der Waals surface area contributed by atoms with Gasteiger partial charge in [-0.25, -0.2) is 0 Å². The normalized spacial score (nSPS) is 14.1. The van der Waals surface area contributed by atoms with E-state index in [0.29, 0.717) is 11.5 Å².